The Morgan fingerprint density at radius 2 is 2.22 bits per heavy atom. The van der Waals surface area contributed by atoms with E-state index in [9.17, 15) is 4.79 Å². The fourth-order valence-corrected chi connectivity index (χ4v) is 1.68. The zero-order valence-electron chi connectivity index (χ0n) is 10.8. The summed E-state index contributed by atoms with van der Waals surface area (Å²) in [6.45, 7) is 4.44. The van der Waals surface area contributed by atoms with E-state index >= 15 is 0 Å². The van der Waals surface area contributed by atoms with Gasteiger partial charge in [0.15, 0.2) is 0 Å². The molecular formula is C14H18O4. The van der Waals surface area contributed by atoms with E-state index in [-0.39, 0.29) is 6.10 Å². The van der Waals surface area contributed by atoms with Crippen LogP contribution in [0.3, 0.4) is 0 Å². The Labute approximate surface area is 107 Å². The van der Waals surface area contributed by atoms with Crippen LogP contribution in [0, 0.1) is 0 Å². The van der Waals surface area contributed by atoms with Crippen molar-refractivity contribution in [3.63, 3.8) is 0 Å². The Kier molecular flexibility index (Phi) is 5.39. The van der Waals surface area contributed by atoms with Crippen LogP contribution < -0.4 is 4.74 Å². The first-order chi connectivity index (χ1) is 8.58. The summed E-state index contributed by atoms with van der Waals surface area (Å²) < 4.78 is 10.7. The lowest BCUT2D eigenvalue weighted by Crippen LogP contribution is -2.02. The Hall–Kier alpha value is -1.81. The molecule has 4 heteroatoms. The predicted octanol–water partition coefficient (Wildman–Crippen LogP) is 2.89. The largest absolute Gasteiger partial charge is 0.497 e. The van der Waals surface area contributed by atoms with Crippen molar-refractivity contribution in [2.45, 2.75) is 20.0 Å². The number of hydrogen-bond donors (Lipinski definition) is 1. The van der Waals surface area contributed by atoms with Gasteiger partial charge in [0.1, 0.15) is 5.75 Å². The molecule has 1 unspecified atom stereocenters. The molecule has 98 valence electrons. The number of aliphatic carboxylic acids is 1. The Balaban J connectivity index is 3.11. The Morgan fingerprint density at radius 1 is 1.50 bits per heavy atom. The minimum absolute atomic E-state index is 0.112. The van der Waals surface area contributed by atoms with Crippen LogP contribution in [-0.4, -0.2) is 24.8 Å². The van der Waals surface area contributed by atoms with Crippen LogP contribution in [0.4, 0.5) is 0 Å². The van der Waals surface area contributed by atoms with Crippen LogP contribution in [-0.2, 0) is 9.53 Å². The van der Waals surface area contributed by atoms with E-state index in [0.717, 1.165) is 23.0 Å². The third-order valence-electron chi connectivity index (χ3n) is 2.55. The molecular weight excluding hydrogens is 232 g/mol. The second-order valence-corrected chi connectivity index (χ2v) is 3.76. The fourth-order valence-electron chi connectivity index (χ4n) is 1.68. The molecule has 1 aromatic rings. The smallest absolute Gasteiger partial charge is 0.328 e. The number of carboxylic acid groups (broad SMARTS) is 1. The van der Waals surface area contributed by atoms with E-state index in [0.29, 0.717) is 6.61 Å². The van der Waals surface area contributed by atoms with Crippen molar-refractivity contribution in [3.8, 4) is 5.75 Å². The second kappa shape index (κ2) is 6.81. The minimum atomic E-state index is -0.971. The maximum absolute atomic E-state index is 10.6. The molecule has 0 aromatic heterocycles. The molecule has 1 rings (SSSR count). The lowest BCUT2D eigenvalue weighted by molar-refractivity contribution is -0.131. The first-order valence-corrected chi connectivity index (χ1v) is 5.79. The fraction of sp³-hybridized carbons (Fsp3) is 0.357. The van der Waals surface area contributed by atoms with Crippen molar-refractivity contribution >= 4 is 12.0 Å². The van der Waals surface area contributed by atoms with Gasteiger partial charge in [0.25, 0.3) is 0 Å². The summed E-state index contributed by atoms with van der Waals surface area (Å²) in [5.74, 6) is -0.246. The highest BCUT2D eigenvalue weighted by molar-refractivity contribution is 5.85. The molecule has 0 saturated heterocycles. The van der Waals surface area contributed by atoms with Gasteiger partial charge < -0.3 is 14.6 Å². The van der Waals surface area contributed by atoms with Crippen molar-refractivity contribution in [3.05, 3.63) is 35.4 Å². The highest BCUT2D eigenvalue weighted by Crippen LogP contribution is 2.26. The van der Waals surface area contributed by atoms with Gasteiger partial charge in [-0.05, 0) is 43.2 Å². The molecule has 0 aliphatic rings. The molecule has 1 atom stereocenters. The first kappa shape index (κ1) is 14.3. The standard InChI is InChI=1S/C14H18O4/c1-4-18-10(2)13-9-12(17-3)7-5-11(13)6-8-14(15)16/h5-10H,4H2,1-3H3,(H,15,16)/b8-6+. The SMILES string of the molecule is CCOC(C)c1cc(OC)ccc1/C=C/C(=O)O. The van der Waals surface area contributed by atoms with Crippen molar-refractivity contribution in [1.82, 2.24) is 0 Å². The van der Waals surface area contributed by atoms with Gasteiger partial charge in [0, 0.05) is 12.7 Å². The molecule has 1 N–H and O–H groups in total. The lowest BCUT2D eigenvalue weighted by atomic mass is 10.0. The summed E-state index contributed by atoms with van der Waals surface area (Å²) in [6, 6.07) is 5.48. The number of benzene rings is 1. The monoisotopic (exact) mass is 250 g/mol. The van der Waals surface area contributed by atoms with Crippen molar-refractivity contribution in [1.29, 1.82) is 0 Å². The number of ether oxygens (including phenoxy) is 2. The van der Waals surface area contributed by atoms with Crippen LogP contribution in [0.25, 0.3) is 6.08 Å². The summed E-state index contributed by atoms with van der Waals surface area (Å²) >= 11 is 0. The summed E-state index contributed by atoms with van der Waals surface area (Å²) in [4.78, 5) is 10.6. The molecule has 0 bridgehead atoms. The van der Waals surface area contributed by atoms with Gasteiger partial charge in [-0.25, -0.2) is 4.79 Å². The quantitative estimate of drug-likeness (QED) is 0.789. The highest BCUT2D eigenvalue weighted by Gasteiger charge is 2.10. The van der Waals surface area contributed by atoms with E-state index in [2.05, 4.69) is 0 Å². The molecule has 0 saturated carbocycles. The number of methoxy groups -OCH3 is 1. The van der Waals surface area contributed by atoms with Crippen molar-refractivity contribution in [2.24, 2.45) is 0 Å². The van der Waals surface area contributed by atoms with E-state index in [1.54, 1.807) is 19.3 Å². The summed E-state index contributed by atoms with van der Waals surface area (Å²) in [5, 5.41) is 8.67. The Morgan fingerprint density at radius 3 is 2.78 bits per heavy atom. The summed E-state index contributed by atoms with van der Waals surface area (Å²) in [5.41, 5.74) is 1.73. The van der Waals surface area contributed by atoms with Crippen LogP contribution in [0.1, 0.15) is 31.1 Å². The maximum atomic E-state index is 10.6. The van der Waals surface area contributed by atoms with Crippen LogP contribution in [0.15, 0.2) is 24.3 Å². The topological polar surface area (TPSA) is 55.8 Å². The molecule has 1 aromatic carbocycles. The van der Waals surface area contributed by atoms with Gasteiger partial charge in [-0.2, -0.15) is 0 Å². The molecule has 0 aliphatic carbocycles. The van der Waals surface area contributed by atoms with Crippen LogP contribution in [0.5, 0.6) is 5.75 Å². The molecule has 18 heavy (non-hydrogen) atoms. The third-order valence-corrected chi connectivity index (χ3v) is 2.55. The zero-order valence-corrected chi connectivity index (χ0v) is 10.8. The van der Waals surface area contributed by atoms with Gasteiger partial charge >= 0.3 is 5.97 Å². The molecule has 0 aliphatic heterocycles. The Bertz CT molecular complexity index is 437. The number of carboxylic acids is 1. The molecule has 0 heterocycles. The van der Waals surface area contributed by atoms with Crippen LogP contribution in [0.2, 0.25) is 0 Å². The molecule has 0 spiro atoms. The molecule has 0 fully saturated rings. The first-order valence-electron chi connectivity index (χ1n) is 5.79. The number of hydrogen-bond acceptors (Lipinski definition) is 3. The minimum Gasteiger partial charge on any atom is -0.497 e. The second-order valence-electron chi connectivity index (χ2n) is 3.76. The van der Waals surface area contributed by atoms with Gasteiger partial charge in [0.2, 0.25) is 0 Å². The highest BCUT2D eigenvalue weighted by atomic mass is 16.5. The molecule has 0 radical (unpaired) electrons. The predicted molar refractivity (Wildman–Crippen MR) is 69.7 cm³/mol. The van der Waals surface area contributed by atoms with E-state index in [4.69, 9.17) is 14.6 Å². The molecule has 0 amide bonds. The van der Waals surface area contributed by atoms with Crippen LogP contribution >= 0.6 is 0 Å². The normalized spacial score (nSPS) is 12.6. The third kappa shape index (κ3) is 3.89. The van der Waals surface area contributed by atoms with Gasteiger partial charge in [-0.3, -0.25) is 0 Å². The number of carbonyl (C=O) groups is 1. The maximum Gasteiger partial charge on any atom is 0.328 e. The van der Waals surface area contributed by atoms with E-state index in [1.807, 2.05) is 26.0 Å². The van der Waals surface area contributed by atoms with Gasteiger partial charge in [0.05, 0.1) is 13.2 Å². The average molecular weight is 250 g/mol. The van der Waals surface area contributed by atoms with Gasteiger partial charge in [-0.1, -0.05) is 6.07 Å². The van der Waals surface area contributed by atoms with Crippen molar-refractivity contribution in [2.75, 3.05) is 13.7 Å². The average Bonchev–Trinajstić information content (AvgIpc) is 2.36. The van der Waals surface area contributed by atoms with Crippen molar-refractivity contribution < 1.29 is 19.4 Å². The van der Waals surface area contributed by atoms with E-state index < -0.39 is 5.97 Å². The van der Waals surface area contributed by atoms with Gasteiger partial charge in [-0.15, -0.1) is 0 Å². The summed E-state index contributed by atoms with van der Waals surface area (Å²) in [7, 11) is 1.59. The number of rotatable bonds is 6. The lowest BCUT2D eigenvalue weighted by Gasteiger charge is -2.16. The zero-order chi connectivity index (χ0) is 13.5. The summed E-state index contributed by atoms with van der Waals surface area (Å²) in [6.07, 6.45) is 2.56. The molecule has 4 nitrogen and oxygen atoms in total. The van der Waals surface area contributed by atoms with E-state index in [1.165, 1.54) is 0 Å².